The predicted molar refractivity (Wildman–Crippen MR) is 48.4 cm³/mol. The van der Waals surface area contributed by atoms with Crippen molar-refractivity contribution in [1.82, 2.24) is 0 Å². The molecule has 1 heterocycles. The van der Waals surface area contributed by atoms with Crippen molar-refractivity contribution in [2.24, 2.45) is 0 Å². The summed E-state index contributed by atoms with van der Waals surface area (Å²) in [5, 5.41) is 18.9. The third-order valence-electron chi connectivity index (χ3n) is 2.29. The molecule has 90 valence electrons. The van der Waals surface area contributed by atoms with Gasteiger partial charge < -0.3 is 14.9 Å². The third-order valence-corrected chi connectivity index (χ3v) is 2.76. The fraction of sp³-hybridized carbons (Fsp3) is 1.00. The molecule has 0 amide bonds. The first kappa shape index (κ1) is 12.8. The lowest BCUT2D eigenvalue weighted by Gasteiger charge is -2.39. The van der Waals surface area contributed by atoms with Crippen LogP contribution in [0.25, 0.3) is 0 Å². The van der Waals surface area contributed by atoms with Crippen molar-refractivity contribution < 1.29 is 32.1 Å². The molecule has 0 saturated carbocycles. The van der Waals surface area contributed by atoms with Gasteiger partial charge in [-0.05, 0) is 13.8 Å². The van der Waals surface area contributed by atoms with Gasteiger partial charge in [-0.25, -0.2) is 4.18 Å². The fourth-order valence-electron chi connectivity index (χ4n) is 1.52. The van der Waals surface area contributed by atoms with Crippen molar-refractivity contribution >= 4 is 10.4 Å². The minimum absolute atomic E-state index is 0.628. The Bertz CT molecular complexity index is 313. The Balaban J connectivity index is 2.79. The van der Waals surface area contributed by atoms with Crippen LogP contribution in [0.5, 0.6) is 0 Å². The van der Waals surface area contributed by atoms with Gasteiger partial charge in [-0.2, -0.15) is 8.42 Å². The maximum atomic E-state index is 10.5. The van der Waals surface area contributed by atoms with Crippen molar-refractivity contribution in [3.8, 4) is 0 Å². The average molecular weight is 242 g/mol. The molecule has 8 heteroatoms. The minimum atomic E-state index is -4.68. The summed E-state index contributed by atoms with van der Waals surface area (Å²) < 4.78 is 38.7. The van der Waals surface area contributed by atoms with Crippen LogP contribution in [-0.4, -0.2) is 53.7 Å². The summed E-state index contributed by atoms with van der Waals surface area (Å²) in [6.07, 6.45) is -5.37. The van der Waals surface area contributed by atoms with Gasteiger partial charge in [0.05, 0.1) is 12.2 Å². The van der Waals surface area contributed by atoms with Crippen molar-refractivity contribution in [2.75, 3.05) is 0 Å². The Morgan fingerprint density at radius 1 is 1.13 bits per heavy atom. The Hall–Kier alpha value is -0.250. The molecule has 1 rings (SSSR count). The number of aliphatic hydroxyl groups excluding tert-OH is 2. The Labute approximate surface area is 87.6 Å². The molecule has 0 aliphatic carbocycles. The van der Waals surface area contributed by atoms with Crippen molar-refractivity contribution in [2.45, 2.75) is 44.4 Å². The van der Waals surface area contributed by atoms with Gasteiger partial charge in [0.2, 0.25) is 0 Å². The molecule has 0 aromatic carbocycles. The van der Waals surface area contributed by atoms with Gasteiger partial charge in [0.25, 0.3) is 0 Å². The van der Waals surface area contributed by atoms with Gasteiger partial charge in [-0.1, -0.05) is 0 Å². The van der Waals surface area contributed by atoms with Crippen LogP contribution in [0.2, 0.25) is 0 Å². The molecule has 3 N–H and O–H groups in total. The summed E-state index contributed by atoms with van der Waals surface area (Å²) >= 11 is 0. The summed E-state index contributed by atoms with van der Waals surface area (Å²) in [5.41, 5.74) is 0. The highest BCUT2D eigenvalue weighted by molar-refractivity contribution is 7.80. The van der Waals surface area contributed by atoms with Crippen LogP contribution in [0, 0.1) is 0 Å². The van der Waals surface area contributed by atoms with Gasteiger partial charge in [-0.15, -0.1) is 0 Å². The lowest BCUT2D eigenvalue weighted by Crippen LogP contribution is -2.57. The molecule has 0 unspecified atom stereocenters. The maximum absolute atomic E-state index is 10.5. The van der Waals surface area contributed by atoms with Crippen LogP contribution in [-0.2, 0) is 19.3 Å². The van der Waals surface area contributed by atoms with E-state index in [1.165, 1.54) is 13.8 Å². The molecule has 1 aliphatic rings. The molecule has 1 saturated heterocycles. The molecule has 0 radical (unpaired) electrons. The highest BCUT2D eigenvalue weighted by Gasteiger charge is 2.43. The monoisotopic (exact) mass is 242 g/mol. The number of aliphatic hydroxyl groups is 2. The second-order valence-corrected chi connectivity index (χ2v) is 4.56. The highest BCUT2D eigenvalue weighted by atomic mass is 32.3. The number of hydrogen-bond acceptors (Lipinski definition) is 6. The molecule has 0 spiro atoms. The first-order valence-corrected chi connectivity index (χ1v) is 5.76. The zero-order chi connectivity index (χ0) is 11.8. The second-order valence-electron chi connectivity index (χ2n) is 3.52. The predicted octanol–water partition coefficient (Wildman–Crippen LogP) is -1.30. The second kappa shape index (κ2) is 4.32. The zero-order valence-electron chi connectivity index (χ0n) is 8.27. The Kier molecular flexibility index (Phi) is 3.69. The van der Waals surface area contributed by atoms with E-state index in [1.807, 2.05) is 0 Å². The van der Waals surface area contributed by atoms with Gasteiger partial charge in [0.15, 0.2) is 0 Å². The van der Waals surface area contributed by atoms with E-state index in [2.05, 4.69) is 4.18 Å². The quantitative estimate of drug-likeness (QED) is 0.516. The summed E-state index contributed by atoms with van der Waals surface area (Å²) in [4.78, 5) is 0. The Morgan fingerprint density at radius 2 is 1.67 bits per heavy atom. The van der Waals surface area contributed by atoms with E-state index in [1.54, 1.807) is 0 Å². The molecule has 7 nitrogen and oxygen atoms in total. The normalized spacial score (nSPS) is 42.9. The highest BCUT2D eigenvalue weighted by Crippen LogP contribution is 2.23. The minimum Gasteiger partial charge on any atom is -0.388 e. The smallest absolute Gasteiger partial charge is 0.388 e. The summed E-state index contributed by atoms with van der Waals surface area (Å²) in [7, 11) is -4.68. The fourth-order valence-corrected chi connectivity index (χ4v) is 2.07. The molecule has 0 aromatic rings. The zero-order valence-corrected chi connectivity index (χ0v) is 9.09. The van der Waals surface area contributed by atoms with E-state index in [4.69, 9.17) is 9.29 Å². The lowest BCUT2D eigenvalue weighted by molar-refractivity contribution is -0.205. The number of ether oxygens (including phenoxy) is 1. The van der Waals surface area contributed by atoms with E-state index in [0.717, 1.165) is 0 Å². The maximum Gasteiger partial charge on any atom is 0.397 e. The van der Waals surface area contributed by atoms with Crippen LogP contribution < -0.4 is 0 Å². The number of hydrogen-bond donors (Lipinski definition) is 3. The lowest BCUT2D eigenvalue weighted by atomic mass is 9.97. The summed E-state index contributed by atoms with van der Waals surface area (Å²) in [5.74, 6) is 0. The molecule has 15 heavy (non-hydrogen) atoms. The van der Waals surface area contributed by atoms with Crippen LogP contribution in [0.1, 0.15) is 13.8 Å². The molecule has 5 atom stereocenters. The van der Waals surface area contributed by atoms with Crippen molar-refractivity contribution in [3.63, 3.8) is 0 Å². The molecule has 0 bridgehead atoms. The SMILES string of the molecule is C[C@@H]1O[C@H](C)[C@@H](O)[C@H](O)[C@@H]1OS(=O)(=O)O. The van der Waals surface area contributed by atoms with Crippen LogP contribution in [0.15, 0.2) is 0 Å². The molecule has 1 fully saturated rings. The van der Waals surface area contributed by atoms with Crippen LogP contribution in [0.4, 0.5) is 0 Å². The van der Waals surface area contributed by atoms with E-state index in [-0.39, 0.29) is 0 Å². The van der Waals surface area contributed by atoms with Crippen molar-refractivity contribution in [3.05, 3.63) is 0 Å². The number of rotatable bonds is 2. The first-order chi connectivity index (χ1) is 6.72. The topological polar surface area (TPSA) is 113 Å². The third kappa shape index (κ3) is 3.10. The van der Waals surface area contributed by atoms with E-state index in [0.29, 0.717) is 0 Å². The summed E-state index contributed by atoms with van der Waals surface area (Å²) in [6, 6.07) is 0. The Morgan fingerprint density at radius 3 is 2.13 bits per heavy atom. The molecular weight excluding hydrogens is 228 g/mol. The van der Waals surface area contributed by atoms with E-state index < -0.39 is 40.9 Å². The van der Waals surface area contributed by atoms with Crippen LogP contribution in [0.3, 0.4) is 0 Å². The van der Waals surface area contributed by atoms with Crippen molar-refractivity contribution in [1.29, 1.82) is 0 Å². The average Bonchev–Trinajstić information content (AvgIpc) is 2.07. The van der Waals surface area contributed by atoms with Gasteiger partial charge >= 0.3 is 10.4 Å². The standard InChI is InChI=1S/C7H14O7S/c1-3-5(8)6(9)7(4(2)13-3)14-15(10,11)12/h3-9H,1-2H3,(H,10,11,12)/t3-,4+,5-,6+,7-/m1/s1. The largest absolute Gasteiger partial charge is 0.397 e. The van der Waals surface area contributed by atoms with Gasteiger partial charge in [-0.3, -0.25) is 4.55 Å². The van der Waals surface area contributed by atoms with E-state index >= 15 is 0 Å². The summed E-state index contributed by atoms with van der Waals surface area (Å²) in [6.45, 7) is 3.01. The first-order valence-electron chi connectivity index (χ1n) is 4.39. The van der Waals surface area contributed by atoms with E-state index in [9.17, 15) is 18.6 Å². The van der Waals surface area contributed by atoms with Crippen LogP contribution >= 0.6 is 0 Å². The molecular formula is C7H14O7S. The van der Waals surface area contributed by atoms with Gasteiger partial charge in [0.1, 0.15) is 18.3 Å². The molecule has 0 aromatic heterocycles. The van der Waals surface area contributed by atoms with Gasteiger partial charge in [0, 0.05) is 0 Å². The molecule has 1 aliphatic heterocycles.